The molecule has 0 aliphatic heterocycles. The summed E-state index contributed by atoms with van der Waals surface area (Å²) >= 11 is 6.03. The van der Waals surface area contributed by atoms with E-state index in [9.17, 15) is 4.79 Å². The second kappa shape index (κ2) is 3.83. The molecule has 84 valence electrons. The van der Waals surface area contributed by atoms with Crippen LogP contribution in [0.25, 0.3) is 5.70 Å². The number of esters is 1. The van der Waals surface area contributed by atoms with Gasteiger partial charge in [-0.15, -0.1) is 0 Å². The summed E-state index contributed by atoms with van der Waals surface area (Å²) in [7, 11) is 1.35. The van der Waals surface area contributed by atoms with Crippen LogP contribution in [0.15, 0.2) is 17.7 Å². The number of nitrogens with two attached hydrogens (primary N) is 1. The minimum atomic E-state index is -0.373. The van der Waals surface area contributed by atoms with Crippen molar-refractivity contribution in [2.75, 3.05) is 7.11 Å². The van der Waals surface area contributed by atoms with E-state index >= 15 is 0 Å². The van der Waals surface area contributed by atoms with Crippen molar-refractivity contribution in [3.8, 4) is 0 Å². The summed E-state index contributed by atoms with van der Waals surface area (Å²) in [5, 5.41) is 0.692. The van der Waals surface area contributed by atoms with Gasteiger partial charge in [0.25, 0.3) is 0 Å². The Labute approximate surface area is 98.8 Å². The van der Waals surface area contributed by atoms with Crippen LogP contribution in [0.4, 0.5) is 0 Å². The maximum Gasteiger partial charge on any atom is 0.336 e. The molecule has 4 heteroatoms. The van der Waals surface area contributed by atoms with Gasteiger partial charge in [-0.2, -0.15) is 0 Å². The molecule has 1 aromatic carbocycles. The highest BCUT2D eigenvalue weighted by Crippen LogP contribution is 2.33. The molecule has 0 saturated heterocycles. The monoisotopic (exact) mass is 237 g/mol. The fourth-order valence-corrected chi connectivity index (χ4v) is 2.06. The van der Waals surface area contributed by atoms with Crippen LogP contribution < -0.4 is 5.73 Å². The molecule has 0 fully saturated rings. The molecule has 0 heterocycles. The zero-order valence-corrected chi connectivity index (χ0v) is 9.89. The molecule has 16 heavy (non-hydrogen) atoms. The molecule has 0 saturated carbocycles. The predicted octanol–water partition coefficient (Wildman–Crippen LogP) is 2.05. The van der Waals surface area contributed by atoms with Gasteiger partial charge in [0.05, 0.1) is 12.7 Å². The fraction of sp³-hybridized carbons (Fsp3) is 0.250. The van der Waals surface area contributed by atoms with Gasteiger partial charge in [0, 0.05) is 22.7 Å². The Morgan fingerprint density at radius 1 is 1.50 bits per heavy atom. The summed E-state index contributed by atoms with van der Waals surface area (Å²) in [6.45, 7) is 1.91. The number of carbonyl (C=O) groups excluding carboxylic acids is 1. The minimum Gasteiger partial charge on any atom is -0.466 e. The molecule has 1 aliphatic rings. The lowest BCUT2D eigenvalue weighted by Crippen LogP contribution is -2.08. The van der Waals surface area contributed by atoms with E-state index in [4.69, 9.17) is 17.3 Å². The molecule has 2 N–H and O–H groups in total. The van der Waals surface area contributed by atoms with E-state index in [1.54, 1.807) is 0 Å². The van der Waals surface area contributed by atoms with Gasteiger partial charge in [-0.05, 0) is 30.2 Å². The van der Waals surface area contributed by atoms with E-state index in [0.717, 1.165) is 16.7 Å². The van der Waals surface area contributed by atoms with E-state index in [1.165, 1.54) is 7.11 Å². The minimum absolute atomic E-state index is 0.373. The molecule has 2 rings (SSSR count). The van der Waals surface area contributed by atoms with Crippen molar-refractivity contribution in [3.63, 3.8) is 0 Å². The lowest BCUT2D eigenvalue weighted by atomic mass is 10.1. The molecule has 0 aromatic heterocycles. The SMILES string of the molecule is COC(=O)C1=C(N)c2cc(C)c(Cl)cc2C1. The molecule has 0 spiro atoms. The first-order valence-corrected chi connectivity index (χ1v) is 5.28. The van der Waals surface area contributed by atoms with Gasteiger partial charge in [-0.25, -0.2) is 4.79 Å². The topological polar surface area (TPSA) is 52.3 Å². The first-order chi connectivity index (χ1) is 7.54. The first-order valence-electron chi connectivity index (χ1n) is 4.91. The van der Waals surface area contributed by atoms with Crippen LogP contribution in [0.1, 0.15) is 16.7 Å². The summed E-state index contributed by atoms with van der Waals surface area (Å²) < 4.78 is 4.69. The number of benzene rings is 1. The molecule has 0 bridgehead atoms. The Balaban J connectivity index is 2.50. The molecule has 0 radical (unpaired) electrons. The highest BCUT2D eigenvalue weighted by Gasteiger charge is 2.25. The van der Waals surface area contributed by atoms with Gasteiger partial charge in [-0.3, -0.25) is 0 Å². The largest absolute Gasteiger partial charge is 0.466 e. The third-order valence-electron chi connectivity index (χ3n) is 2.80. The number of aryl methyl sites for hydroxylation is 1. The smallest absolute Gasteiger partial charge is 0.336 e. The second-order valence-corrected chi connectivity index (χ2v) is 4.23. The molecule has 1 aromatic rings. The number of halogens is 1. The molecule has 0 unspecified atom stereocenters. The van der Waals surface area contributed by atoms with Crippen LogP contribution in [-0.2, 0) is 16.0 Å². The van der Waals surface area contributed by atoms with Crippen molar-refractivity contribution < 1.29 is 9.53 Å². The van der Waals surface area contributed by atoms with Crippen LogP contribution in [0.2, 0.25) is 5.02 Å². The number of hydrogen-bond acceptors (Lipinski definition) is 3. The predicted molar refractivity (Wildman–Crippen MR) is 63.0 cm³/mol. The van der Waals surface area contributed by atoms with E-state index < -0.39 is 0 Å². The Hall–Kier alpha value is -1.48. The quantitative estimate of drug-likeness (QED) is 0.761. The number of hydrogen-bond donors (Lipinski definition) is 1. The molecular formula is C12H12ClNO2. The number of methoxy groups -OCH3 is 1. The van der Waals surface area contributed by atoms with Crippen LogP contribution in [0, 0.1) is 6.92 Å². The van der Waals surface area contributed by atoms with Gasteiger partial charge in [0.15, 0.2) is 0 Å². The van der Waals surface area contributed by atoms with Crippen molar-refractivity contribution >= 4 is 23.3 Å². The fourth-order valence-electron chi connectivity index (χ4n) is 1.87. The Bertz CT molecular complexity index is 506. The van der Waals surface area contributed by atoms with Crippen LogP contribution >= 0.6 is 11.6 Å². The molecule has 1 aliphatic carbocycles. The second-order valence-electron chi connectivity index (χ2n) is 3.82. The average molecular weight is 238 g/mol. The third-order valence-corrected chi connectivity index (χ3v) is 3.21. The van der Waals surface area contributed by atoms with Gasteiger partial charge >= 0.3 is 5.97 Å². The number of fused-ring (bicyclic) bond motifs is 1. The van der Waals surface area contributed by atoms with Crippen molar-refractivity contribution in [1.82, 2.24) is 0 Å². The van der Waals surface area contributed by atoms with Crippen molar-refractivity contribution in [1.29, 1.82) is 0 Å². The van der Waals surface area contributed by atoms with Crippen molar-refractivity contribution in [2.45, 2.75) is 13.3 Å². The lowest BCUT2D eigenvalue weighted by Gasteiger charge is -2.04. The first kappa shape index (κ1) is 11.0. The Morgan fingerprint density at radius 3 is 2.81 bits per heavy atom. The van der Waals surface area contributed by atoms with Gasteiger partial charge in [-0.1, -0.05) is 11.6 Å². The van der Waals surface area contributed by atoms with E-state index in [1.807, 2.05) is 19.1 Å². The number of rotatable bonds is 1. The standard InChI is InChI=1S/C12H12ClNO2/c1-6-3-8-7(5-10(6)13)4-9(11(8)14)12(15)16-2/h3,5H,4,14H2,1-2H3. The summed E-state index contributed by atoms with van der Waals surface area (Å²) in [6, 6.07) is 3.76. The maximum absolute atomic E-state index is 11.5. The molecular weight excluding hydrogens is 226 g/mol. The Morgan fingerprint density at radius 2 is 2.19 bits per heavy atom. The van der Waals surface area contributed by atoms with Crippen LogP contribution in [0.3, 0.4) is 0 Å². The molecule has 3 nitrogen and oxygen atoms in total. The van der Waals surface area contributed by atoms with E-state index in [-0.39, 0.29) is 5.97 Å². The number of carbonyl (C=O) groups is 1. The zero-order valence-electron chi connectivity index (χ0n) is 9.13. The van der Waals surface area contributed by atoms with E-state index in [0.29, 0.717) is 22.7 Å². The van der Waals surface area contributed by atoms with Gasteiger partial charge in [0.2, 0.25) is 0 Å². The van der Waals surface area contributed by atoms with Gasteiger partial charge < -0.3 is 10.5 Å². The van der Waals surface area contributed by atoms with Crippen LogP contribution in [-0.4, -0.2) is 13.1 Å². The molecule has 0 atom stereocenters. The van der Waals surface area contributed by atoms with Crippen LogP contribution in [0.5, 0.6) is 0 Å². The number of ether oxygens (including phenoxy) is 1. The summed E-state index contributed by atoms with van der Waals surface area (Å²) in [5.41, 5.74) is 9.76. The maximum atomic E-state index is 11.5. The highest BCUT2D eigenvalue weighted by molar-refractivity contribution is 6.31. The summed E-state index contributed by atoms with van der Waals surface area (Å²) in [4.78, 5) is 11.5. The normalized spacial score (nSPS) is 13.9. The third kappa shape index (κ3) is 1.57. The lowest BCUT2D eigenvalue weighted by molar-refractivity contribution is -0.136. The highest BCUT2D eigenvalue weighted by atomic mass is 35.5. The molecule has 0 amide bonds. The summed E-state index contributed by atoms with van der Waals surface area (Å²) in [5.74, 6) is -0.373. The van der Waals surface area contributed by atoms with Gasteiger partial charge in [0.1, 0.15) is 0 Å². The Kier molecular flexibility index (Phi) is 2.64. The van der Waals surface area contributed by atoms with E-state index in [2.05, 4.69) is 4.74 Å². The van der Waals surface area contributed by atoms with Crippen molar-refractivity contribution in [3.05, 3.63) is 39.4 Å². The van der Waals surface area contributed by atoms with Crippen molar-refractivity contribution in [2.24, 2.45) is 5.73 Å². The average Bonchev–Trinajstić information content (AvgIpc) is 2.56. The summed E-state index contributed by atoms with van der Waals surface area (Å²) in [6.07, 6.45) is 0.494. The zero-order chi connectivity index (χ0) is 11.9.